The Morgan fingerprint density at radius 2 is 1.78 bits per heavy atom. The Bertz CT molecular complexity index is 498. The van der Waals surface area contributed by atoms with E-state index in [9.17, 15) is 14.4 Å². The van der Waals surface area contributed by atoms with Crippen molar-refractivity contribution in [3.05, 3.63) is 0 Å². The number of carbonyl (C=O) groups excluding carboxylic acids is 3. The largest absolute Gasteiger partial charge is 0.464 e. The van der Waals surface area contributed by atoms with Crippen molar-refractivity contribution in [3.63, 3.8) is 0 Å². The Hall–Kier alpha value is -1.65. The minimum Gasteiger partial charge on any atom is -0.464 e. The first-order valence-corrected chi connectivity index (χ1v) is 13.0. The maximum Gasteiger partial charge on any atom is 0.328 e. The second kappa shape index (κ2) is 11.9. The van der Waals surface area contributed by atoms with Gasteiger partial charge in [-0.1, -0.05) is 19.6 Å². The molecule has 0 aliphatic rings. The minimum absolute atomic E-state index is 0.239. The lowest BCUT2D eigenvalue weighted by molar-refractivity contribution is -0.150. The molecule has 0 aliphatic carbocycles. The van der Waals surface area contributed by atoms with Gasteiger partial charge in [-0.15, -0.1) is 0 Å². The number of nitrogens with two attached hydrogens (primary N) is 3. The van der Waals surface area contributed by atoms with Crippen LogP contribution in [0, 0.1) is 0 Å². The number of urea groups is 1. The van der Waals surface area contributed by atoms with Crippen LogP contribution in [0.5, 0.6) is 0 Å². The van der Waals surface area contributed by atoms with Crippen LogP contribution in [0.2, 0.25) is 19.6 Å². The van der Waals surface area contributed by atoms with E-state index in [-0.39, 0.29) is 6.61 Å². The number of amides is 3. The number of rotatable bonds is 13. The lowest BCUT2D eigenvalue weighted by Gasteiger charge is -2.42. The molecule has 0 aromatic carbocycles. The fraction of sp³-hybridized carbons (Fsp3) is 0.824. The molecule has 0 radical (unpaired) electrons. The molecule has 0 aromatic heterocycles. The summed E-state index contributed by atoms with van der Waals surface area (Å²) in [6, 6.07) is -1.41. The first-order valence-electron chi connectivity index (χ1n) is 9.50. The average molecular weight is 404 g/mol. The number of hydrogen-bond donors (Lipinski definition) is 5. The summed E-state index contributed by atoms with van der Waals surface area (Å²) in [6.45, 7) is 8.91. The Balaban J connectivity index is 5.26. The third kappa shape index (κ3) is 8.27. The number of esters is 1. The molecule has 27 heavy (non-hydrogen) atoms. The zero-order chi connectivity index (χ0) is 21.1. The molecule has 9 nitrogen and oxygen atoms in total. The number of primary amides is 1. The van der Waals surface area contributed by atoms with E-state index in [1.807, 2.05) is 19.6 Å². The maximum atomic E-state index is 12.9. The zero-order valence-electron chi connectivity index (χ0n) is 17.1. The third-order valence-electron chi connectivity index (χ3n) is 4.57. The van der Waals surface area contributed by atoms with Crippen molar-refractivity contribution >= 4 is 26.0 Å². The molecular formula is C17H37N5O4Si. The molecule has 0 fully saturated rings. The summed E-state index contributed by atoms with van der Waals surface area (Å²) >= 11 is 0. The van der Waals surface area contributed by atoms with E-state index in [1.165, 1.54) is 0 Å². The first kappa shape index (κ1) is 25.3. The SMILES string of the molecule is CCOC(=O)[C@](CCCCN)(NC(=O)[C@H](N)CCCNC(N)=O)[Si](C)(C)C. The second-order valence-electron chi connectivity index (χ2n) is 7.65. The van der Waals surface area contributed by atoms with Crippen LogP contribution >= 0.6 is 0 Å². The minimum atomic E-state index is -2.23. The molecule has 8 N–H and O–H groups in total. The van der Waals surface area contributed by atoms with Gasteiger partial charge in [-0.3, -0.25) is 4.79 Å². The molecule has 0 saturated carbocycles. The average Bonchev–Trinajstić information content (AvgIpc) is 2.56. The second-order valence-corrected chi connectivity index (χ2v) is 13.0. The first-order chi connectivity index (χ1) is 12.5. The molecule has 10 heteroatoms. The summed E-state index contributed by atoms with van der Waals surface area (Å²) in [7, 11) is -2.23. The van der Waals surface area contributed by atoms with Crippen LogP contribution in [0.15, 0.2) is 0 Å². The Morgan fingerprint density at radius 3 is 2.26 bits per heavy atom. The van der Waals surface area contributed by atoms with Crippen LogP contribution in [0.1, 0.15) is 39.0 Å². The Labute approximate surface area is 163 Å². The van der Waals surface area contributed by atoms with Crippen LogP contribution in [-0.2, 0) is 14.3 Å². The van der Waals surface area contributed by atoms with Gasteiger partial charge in [0.05, 0.1) is 20.7 Å². The van der Waals surface area contributed by atoms with Crippen LogP contribution in [0.4, 0.5) is 4.79 Å². The smallest absolute Gasteiger partial charge is 0.328 e. The number of nitrogens with one attached hydrogen (secondary N) is 2. The molecule has 0 spiro atoms. The third-order valence-corrected chi connectivity index (χ3v) is 7.71. The van der Waals surface area contributed by atoms with Crippen molar-refractivity contribution in [2.75, 3.05) is 19.7 Å². The summed E-state index contributed by atoms with van der Waals surface area (Å²) in [5.41, 5.74) is 16.6. The molecular weight excluding hydrogens is 366 g/mol. The highest BCUT2D eigenvalue weighted by Crippen LogP contribution is 2.29. The number of carbonyl (C=O) groups is 3. The summed E-state index contributed by atoms with van der Waals surface area (Å²) in [5.74, 6) is -0.797. The van der Waals surface area contributed by atoms with Crippen molar-refractivity contribution in [2.45, 2.75) is 69.9 Å². The molecule has 3 amide bonds. The molecule has 0 bridgehead atoms. The topological polar surface area (TPSA) is 163 Å². The highest BCUT2D eigenvalue weighted by atomic mass is 28.3. The quantitative estimate of drug-likeness (QED) is 0.167. The predicted octanol–water partition coefficient (Wildman–Crippen LogP) is 0.187. The number of unbranched alkanes of at least 4 members (excludes halogenated alkanes) is 1. The molecule has 0 aliphatic heterocycles. The van der Waals surface area contributed by atoms with Gasteiger partial charge < -0.3 is 32.6 Å². The van der Waals surface area contributed by atoms with Crippen LogP contribution in [0.25, 0.3) is 0 Å². The fourth-order valence-electron chi connectivity index (χ4n) is 2.84. The standard InChI is InChI=1S/C17H37N5O4Si/c1-5-26-15(24)17(27(2,3)4,10-6-7-11-18)22-14(23)13(19)9-8-12-21-16(20)25/h13H,5-12,18-19H2,1-4H3,(H,22,23)(H3,20,21,25)/t13-,17-/m1/s1. The van der Waals surface area contributed by atoms with Gasteiger partial charge >= 0.3 is 12.0 Å². The summed E-state index contributed by atoms with van der Waals surface area (Å²) < 4.78 is 5.32. The molecule has 158 valence electrons. The van der Waals surface area contributed by atoms with Crippen LogP contribution in [-0.4, -0.2) is 56.9 Å². The fourth-order valence-corrected chi connectivity index (χ4v) is 4.95. The van der Waals surface area contributed by atoms with E-state index < -0.39 is 37.2 Å². The van der Waals surface area contributed by atoms with Gasteiger partial charge in [0.15, 0.2) is 0 Å². The van der Waals surface area contributed by atoms with Gasteiger partial charge in [-0.05, 0) is 45.6 Å². The Kier molecular flexibility index (Phi) is 11.2. The predicted molar refractivity (Wildman–Crippen MR) is 109 cm³/mol. The molecule has 0 heterocycles. The normalized spacial score (nSPS) is 14.7. The van der Waals surface area contributed by atoms with E-state index >= 15 is 0 Å². The summed E-state index contributed by atoms with van der Waals surface area (Å²) in [5, 5.41) is 4.33. The van der Waals surface area contributed by atoms with Crippen LogP contribution in [0.3, 0.4) is 0 Å². The highest BCUT2D eigenvalue weighted by molar-refractivity contribution is 6.82. The van der Waals surface area contributed by atoms with Crippen molar-refractivity contribution < 1.29 is 19.1 Å². The van der Waals surface area contributed by atoms with Crippen molar-refractivity contribution in [1.29, 1.82) is 0 Å². The monoisotopic (exact) mass is 403 g/mol. The molecule has 0 rings (SSSR count). The molecule has 0 saturated heterocycles. The maximum absolute atomic E-state index is 12.9. The van der Waals surface area contributed by atoms with Gasteiger partial charge in [-0.25, -0.2) is 9.59 Å². The molecule has 2 atom stereocenters. The number of ether oxygens (including phenoxy) is 1. The highest BCUT2D eigenvalue weighted by Gasteiger charge is 2.51. The van der Waals surface area contributed by atoms with Crippen molar-refractivity contribution in [2.24, 2.45) is 17.2 Å². The van der Waals surface area contributed by atoms with Gasteiger partial charge in [-0.2, -0.15) is 0 Å². The van der Waals surface area contributed by atoms with Gasteiger partial charge in [0.2, 0.25) is 5.91 Å². The van der Waals surface area contributed by atoms with Gasteiger partial charge in [0.25, 0.3) is 0 Å². The molecule has 0 unspecified atom stereocenters. The van der Waals surface area contributed by atoms with E-state index in [0.717, 1.165) is 6.42 Å². The zero-order valence-corrected chi connectivity index (χ0v) is 18.1. The summed E-state index contributed by atoms with van der Waals surface area (Å²) in [4.78, 5) is 36.3. The molecule has 0 aromatic rings. The van der Waals surface area contributed by atoms with Crippen molar-refractivity contribution in [3.8, 4) is 0 Å². The lowest BCUT2D eigenvalue weighted by Crippen LogP contribution is -2.70. The van der Waals surface area contributed by atoms with Crippen LogP contribution < -0.4 is 27.8 Å². The number of hydrogen-bond acceptors (Lipinski definition) is 6. The van der Waals surface area contributed by atoms with E-state index in [1.54, 1.807) is 6.92 Å². The summed E-state index contributed by atoms with van der Waals surface area (Å²) in [6.07, 6.45) is 2.80. The van der Waals surface area contributed by atoms with Crippen molar-refractivity contribution in [1.82, 2.24) is 10.6 Å². The van der Waals surface area contributed by atoms with E-state index in [0.29, 0.717) is 38.8 Å². The van der Waals surface area contributed by atoms with Gasteiger partial charge in [0.1, 0.15) is 5.16 Å². The Morgan fingerprint density at radius 1 is 1.15 bits per heavy atom. The van der Waals surface area contributed by atoms with E-state index in [4.69, 9.17) is 21.9 Å². The van der Waals surface area contributed by atoms with Gasteiger partial charge in [0, 0.05) is 6.54 Å². The van der Waals surface area contributed by atoms with E-state index in [2.05, 4.69) is 10.6 Å². The lowest BCUT2D eigenvalue weighted by atomic mass is 10.1.